The van der Waals surface area contributed by atoms with Crippen LogP contribution < -0.4 is 5.73 Å². The molecular formula is C10H10N6O. The lowest BCUT2D eigenvalue weighted by Crippen LogP contribution is -2.13. The zero-order valence-corrected chi connectivity index (χ0v) is 9.38. The Morgan fingerprint density at radius 2 is 2.24 bits per heavy atom. The Balaban J connectivity index is 2.60. The maximum Gasteiger partial charge on any atom is 0.269 e. The second-order valence-corrected chi connectivity index (χ2v) is 3.53. The van der Waals surface area contributed by atoms with Gasteiger partial charge >= 0.3 is 0 Å². The van der Waals surface area contributed by atoms with Crippen LogP contribution in [-0.2, 0) is 7.05 Å². The summed E-state index contributed by atoms with van der Waals surface area (Å²) in [4.78, 5) is 10.9. The van der Waals surface area contributed by atoms with Gasteiger partial charge in [-0.25, -0.2) is 9.36 Å². The van der Waals surface area contributed by atoms with Crippen molar-refractivity contribution in [3.05, 3.63) is 29.2 Å². The van der Waals surface area contributed by atoms with Crippen LogP contribution in [0.2, 0.25) is 0 Å². The summed E-state index contributed by atoms with van der Waals surface area (Å²) in [5, 5.41) is 17.2. The Hall–Kier alpha value is -2.62. The van der Waals surface area contributed by atoms with Gasteiger partial charge in [-0.1, -0.05) is 0 Å². The van der Waals surface area contributed by atoms with Crippen LogP contribution in [0, 0.1) is 18.3 Å². The molecule has 0 fully saturated rings. The van der Waals surface area contributed by atoms with Crippen LogP contribution in [0.3, 0.4) is 0 Å². The number of primary amides is 1. The van der Waals surface area contributed by atoms with Crippen LogP contribution >= 0.6 is 0 Å². The summed E-state index contributed by atoms with van der Waals surface area (Å²) < 4.78 is 2.95. The summed E-state index contributed by atoms with van der Waals surface area (Å²) in [5.41, 5.74) is 6.30. The average Bonchev–Trinajstić information content (AvgIpc) is 2.82. The Labute approximate surface area is 97.1 Å². The number of nitrogens with zero attached hydrogens (tertiary/aromatic N) is 5. The third-order valence-corrected chi connectivity index (χ3v) is 2.36. The topological polar surface area (TPSA) is 103 Å². The van der Waals surface area contributed by atoms with E-state index in [1.54, 1.807) is 20.2 Å². The van der Waals surface area contributed by atoms with Gasteiger partial charge in [0.2, 0.25) is 0 Å². The quantitative estimate of drug-likeness (QED) is 0.777. The molecule has 0 saturated heterocycles. The number of amides is 1. The predicted molar refractivity (Wildman–Crippen MR) is 58.3 cm³/mol. The largest absolute Gasteiger partial charge is 0.364 e. The minimum Gasteiger partial charge on any atom is -0.364 e. The fraction of sp³-hybridized carbons (Fsp3) is 0.200. The molecule has 2 heterocycles. The van der Waals surface area contributed by atoms with Gasteiger partial charge in [0, 0.05) is 13.2 Å². The molecule has 1 amide bonds. The van der Waals surface area contributed by atoms with Crippen LogP contribution in [0.5, 0.6) is 0 Å². The number of hydrogen-bond donors (Lipinski definition) is 1. The van der Waals surface area contributed by atoms with E-state index in [0.717, 1.165) is 0 Å². The first-order chi connectivity index (χ1) is 8.04. The Morgan fingerprint density at radius 3 is 2.76 bits per heavy atom. The first-order valence-corrected chi connectivity index (χ1v) is 4.84. The van der Waals surface area contributed by atoms with Gasteiger partial charge in [-0.3, -0.25) is 4.79 Å². The zero-order chi connectivity index (χ0) is 12.6. The molecule has 0 aliphatic heterocycles. The van der Waals surface area contributed by atoms with Gasteiger partial charge < -0.3 is 5.73 Å². The molecule has 0 aromatic carbocycles. The maximum absolute atomic E-state index is 10.9. The molecule has 17 heavy (non-hydrogen) atoms. The SMILES string of the molecule is Cc1nn(C)c(-n2ccc(C(N)=O)n2)c1C#N. The van der Waals surface area contributed by atoms with Gasteiger partial charge in [0.1, 0.15) is 17.3 Å². The molecule has 7 heteroatoms. The highest BCUT2D eigenvalue weighted by atomic mass is 16.1. The molecule has 7 nitrogen and oxygen atoms in total. The van der Waals surface area contributed by atoms with E-state index < -0.39 is 5.91 Å². The predicted octanol–water partition coefficient (Wildman–Crippen LogP) is -0.115. The highest BCUT2D eigenvalue weighted by Gasteiger charge is 2.16. The summed E-state index contributed by atoms with van der Waals surface area (Å²) in [6.07, 6.45) is 1.57. The number of nitrogens with two attached hydrogens (primary N) is 1. The van der Waals surface area contributed by atoms with Gasteiger partial charge in [-0.2, -0.15) is 15.5 Å². The summed E-state index contributed by atoms with van der Waals surface area (Å²) in [6, 6.07) is 3.55. The molecule has 0 spiro atoms. The summed E-state index contributed by atoms with van der Waals surface area (Å²) in [5.74, 6) is -0.0985. The van der Waals surface area contributed by atoms with E-state index in [-0.39, 0.29) is 5.69 Å². The molecule has 0 atom stereocenters. The van der Waals surface area contributed by atoms with Crippen molar-refractivity contribution in [2.75, 3.05) is 0 Å². The fourth-order valence-electron chi connectivity index (χ4n) is 1.61. The third kappa shape index (κ3) is 1.65. The van der Waals surface area contributed by atoms with Gasteiger partial charge in [0.05, 0.1) is 5.69 Å². The van der Waals surface area contributed by atoms with Gasteiger partial charge in [-0.15, -0.1) is 0 Å². The normalized spacial score (nSPS) is 10.2. The minimum atomic E-state index is -0.610. The standard InChI is InChI=1S/C10H10N6O/c1-6-7(5-11)10(15(2)13-6)16-4-3-8(14-16)9(12)17/h3-4H,1-2H3,(H2,12,17). The Kier molecular flexibility index (Phi) is 2.40. The van der Waals surface area contributed by atoms with Crippen molar-refractivity contribution in [2.45, 2.75) is 6.92 Å². The smallest absolute Gasteiger partial charge is 0.269 e. The summed E-state index contributed by atoms with van der Waals surface area (Å²) in [6.45, 7) is 1.74. The highest BCUT2D eigenvalue weighted by molar-refractivity contribution is 5.90. The molecular weight excluding hydrogens is 220 g/mol. The minimum absolute atomic E-state index is 0.146. The molecule has 2 aromatic rings. The van der Waals surface area contributed by atoms with E-state index in [0.29, 0.717) is 17.1 Å². The second-order valence-electron chi connectivity index (χ2n) is 3.53. The Bertz CT molecular complexity index is 630. The van der Waals surface area contributed by atoms with Crippen molar-refractivity contribution in [3.8, 4) is 11.9 Å². The van der Waals surface area contributed by atoms with Gasteiger partial charge in [0.25, 0.3) is 5.91 Å². The van der Waals surface area contributed by atoms with Crippen molar-refractivity contribution in [1.82, 2.24) is 19.6 Å². The van der Waals surface area contributed by atoms with Crippen molar-refractivity contribution >= 4 is 5.91 Å². The van der Waals surface area contributed by atoms with E-state index in [1.807, 2.05) is 0 Å². The Morgan fingerprint density at radius 1 is 1.53 bits per heavy atom. The number of aryl methyl sites for hydroxylation is 2. The van der Waals surface area contributed by atoms with E-state index in [9.17, 15) is 4.79 Å². The third-order valence-electron chi connectivity index (χ3n) is 2.36. The molecule has 0 aliphatic carbocycles. The molecule has 2 rings (SSSR count). The first-order valence-electron chi connectivity index (χ1n) is 4.84. The lowest BCUT2D eigenvalue weighted by Gasteiger charge is -2.01. The number of aromatic nitrogens is 4. The molecule has 2 aromatic heterocycles. The molecule has 0 bridgehead atoms. The van der Waals surface area contributed by atoms with Gasteiger partial charge in [-0.05, 0) is 13.0 Å². The van der Waals surface area contributed by atoms with Crippen LogP contribution in [-0.4, -0.2) is 25.5 Å². The van der Waals surface area contributed by atoms with Gasteiger partial charge in [0.15, 0.2) is 5.82 Å². The van der Waals surface area contributed by atoms with E-state index in [2.05, 4.69) is 16.3 Å². The van der Waals surface area contributed by atoms with Crippen LogP contribution in [0.4, 0.5) is 0 Å². The number of carbonyl (C=O) groups excluding carboxylic acids is 1. The fourth-order valence-corrected chi connectivity index (χ4v) is 1.61. The first kappa shape index (κ1) is 10.9. The average molecular weight is 230 g/mol. The number of hydrogen-bond acceptors (Lipinski definition) is 4. The van der Waals surface area contributed by atoms with Crippen molar-refractivity contribution in [1.29, 1.82) is 5.26 Å². The van der Waals surface area contributed by atoms with Crippen LogP contribution in [0.25, 0.3) is 5.82 Å². The van der Waals surface area contributed by atoms with Crippen molar-refractivity contribution < 1.29 is 4.79 Å². The molecule has 0 aliphatic rings. The highest BCUT2D eigenvalue weighted by Crippen LogP contribution is 2.16. The molecule has 0 unspecified atom stereocenters. The van der Waals surface area contributed by atoms with E-state index >= 15 is 0 Å². The lowest BCUT2D eigenvalue weighted by molar-refractivity contribution is 0.0995. The lowest BCUT2D eigenvalue weighted by atomic mass is 10.3. The molecule has 0 saturated carbocycles. The van der Waals surface area contributed by atoms with E-state index in [1.165, 1.54) is 15.4 Å². The van der Waals surface area contributed by atoms with E-state index in [4.69, 9.17) is 11.0 Å². The molecule has 2 N–H and O–H groups in total. The second kappa shape index (κ2) is 3.75. The zero-order valence-electron chi connectivity index (χ0n) is 9.38. The number of rotatable bonds is 2. The molecule has 86 valence electrons. The van der Waals surface area contributed by atoms with Crippen molar-refractivity contribution in [2.24, 2.45) is 12.8 Å². The number of nitriles is 1. The maximum atomic E-state index is 10.9. The molecule has 0 radical (unpaired) electrons. The van der Waals surface area contributed by atoms with Crippen LogP contribution in [0.15, 0.2) is 12.3 Å². The van der Waals surface area contributed by atoms with Crippen LogP contribution in [0.1, 0.15) is 21.7 Å². The summed E-state index contributed by atoms with van der Waals surface area (Å²) >= 11 is 0. The van der Waals surface area contributed by atoms with Crippen molar-refractivity contribution in [3.63, 3.8) is 0 Å². The monoisotopic (exact) mass is 230 g/mol. The number of carbonyl (C=O) groups is 1. The summed E-state index contributed by atoms with van der Waals surface area (Å²) in [7, 11) is 1.70.